The second-order valence-electron chi connectivity index (χ2n) is 6.49. The minimum Gasteiger partial charge on any atom is -0.486 e. The molecule has 1 saturated carbocycles. The standard InChI is InChI=1S/C20H20N2O4S/c23-19(12-27-16-6-7-17-18(11-16)26-9-8-25-17)21-14-2-1-3-15(10-14)22-20(24)13-4-5-13/h1-3,6-7,10-11,13H,4-5,8-9,12H2,(H,21,23)(H,22,24). The maximum Gasteiger partial charge on any atom is 0.234 e. The Morgan fingerprint density at radius 2 is 1.70 bits per heavy atom. The summed E-state index contributed by atoms with van der Waals surface area (Å²) in [6.07, 6.45) is 1.92. The SMILES string of the molecule is O=C(CSc1ccc2c(c1)OCCO2)Nc1cccc(NC(=O)C2CC2)c1. The van der Waals surface area contributed by atoms with E-state index in [4.69, 9.17) is 9.47 Å². The van der Waals surface area contributed by atoms with Gasteiger partial charge in [0.2, 0.25) is 11.8 Å². The number of ether oxygens (including phenoxy) is 2. The molecular formula is C20H20N2O4S. The Balaban J connectivity index is 1.30. The monoisotopic (exact) mass is 384 g/mol. The molecule has 2 N–H and O–H groups in total. The maximum atomic E-state index is 12.3. The summed E-state index contributed by atoms with van der Waals surface area (Å²) in [5, 5.41) is 5.75. The zero-order chi connectivity index (χ0) is 18.6. The number of fused-ring (bicyclic) bond motifs is 1. The van der Waals surface area contributed by atoms with Crippen molar-refractivity contribution in [2.45, 2.75) is 17.7 Å². The first kappa shape index (κ1) is 17.7. The van der Waals surface area contributed by atoms with Gasteiger partial charge in [0.05, 0.1) is 5.75 Å². The van der Waals surface area contributed by atoms with Crippen LogP contribution in [0.15, 0.2) is 47.4 Å². The Labute approximate surface area is 161 Å². The van der Waals surface area contributed by atoms with Crippen LogP contribution in [0.2, 0.25) is 0 Å². The number of anilines is 2. The van der Waals surface area contributed by atoms with Crippen LogP contribution >= 0.6 is 11.8 Å². The molecule has 0 bridgehead atoms. The fraction of sp³-hybridized carbons (Fsp3) is 0.300. The molecule has 1 heterocycles. The van der Waals surface area contributed by atoms with Gasteiger partial charge in [0.15, 0.2) is 11.5 Å². The summed E-state index contributed by atoms with van der Waals surface area (Å²) in [5.74, 6) is 1.81. The van der Waals surface area contributed by atoms with Crippen molar-refractivity contribution in [3.8, 4) is 11.5 Å². The van der Waals surface area contributed by atoms with Crippen molar-refractivity contribution >= 4 is 35.0 Å². The smallest absolute Gasteiger partial charge is 0.234 e. The van der Waals surface area contributed by atoms with E-state index in [1.807, 2.05) is 30.3 Å². The van der Waals surface area contributed by atoms with E-state index in [0.717, 1.165) is 23.5 Å². The minimum absolute atomic E-state index is 0.0487. The summed E-state index contributed by atoms with van der Waals surface area (Å²) >= 11 is 1.43. The molecule has 6 nitrogen and oxygen atoms in total. The van der Waals surface area contributed by atoms with Gasteiger partial charge in [-0.15, -0.1) is 11.8 Å². The highest BCUT2D eigenvalue weighted by Gasteiger charge is 2.29. The van der Waals surface area contributed by atoms with Crippen molar-refractivity contribution in [2.24, 2.45) is 5.92 Å². The molecule has 1 aliphatic carbocycles. The van der Waals surface area contributed by atoms with Crippen LogP contribution in [-0.2, 0) is 9.59 Å². The normalized spacial score (nSPS) is 15.1. The lowest BCUT2D eigenvalue weighted by Crippen LogP contribution is -2.16. The average molecular weight is 384 g/mol. The number of carbonyl (C=O) groups is 2. The number of hydrogen-bond donors (Lipinski definition) is 2. The first-order valence-corrected chi connectivity index (χ1v) is 9.89. The van der Waals surface area contributed by atoms with E-state index in [-0.39, 0.29) is 23.5 Å². The molecule has 2 aliphatic rings. The zero-order valence-electron chi connectivity index (χ0n) is 14.7. The summed E-state index contributed by atoms with van der Waals surface area (Å²) < 4.78 is 11.1. The van der Waals surface area contributed by atoms with Crippen LogP contribution in [0.4, 0.5) is 11.4 Å². The molecule has 0 aromatic heterocycles. The summed E-state index contributed by atoms with van der Waals surface area (Å²) in [5.41, 5.74) is 1.36. The van der Waals surface area contributed by atoms with Gasteiger partial charge in [-0.2, -0.15) is 0 Å². The van der Waals surface area contributed by atoms with Gasteiger partial charge in [-0.1, -0.05) is 6.07 Å². The topological polar surface area (TPSA) is 76.7 Å². The Morgan fingerprint density at radius 1 is 0.963 bits per heavy atom. The van der Waals surface area contributed by atoms with Crippen molar-refractivity contribution in [1.82, 2.24) is 0 Å². The highest BCUT2D eigenvalue weighted by molar-refractivity contribution is 8.00. The predicted octanol–water partition coefficient (Wildman–Crippen LogP) is 3.54. The van der Waals surface area contributed by atoms with Crippen LogP contribution in [-0.4, -0.2) is 30.8 Å². The van der Waals surface area contributed by atoms with E-state index in [2.05, 4.69) is 10.6 Å². The van der Waals surface area contributed by atoms with E-state index < -0.39 is 0 Å². The summed E-state index contributed by atoms with van der Waals surface area (Å²) in [6, 6.07) is 12.9. The maximum absolute atomic E-state index is 12.3. The van der Waals surface area contributed by atoms with Crippen molar-refractivity contribution in [2.75, 3.05) is 29.6 Å². The van der Waals surface area contributed by atoms with Gasteiger partial charge >= 0.3 is 0 Å². The molecule has 0 saturated heterocycles. The number of rotatable bonds is 6. The zero-order valence-corrected chi connectivity index (χ0v) is 15.5. The predicted molar refractivity (Wildman–Crippen MR) is 105 cm³/mol. The van der Waals surface area contributed by atoms with Crippen molar-refractivity contribution in [3.05, 3.63) is 42.5 Å². The molecule has 2 aromatic carbocycles. The Morgan fingerprint density at radius 3 is 2.48 bits per heavy atom. The molecule has 7 heteroatoms. The van der Waals surface area contributed by atoms with Crippen LogP contribution in [0, 0.1) is 5.92 Å². The van der Waals surface area contributed by atoms with Crippen molar-refractivity contribution in [1.29, 1.82) is 0 Å². The lowest BCUT2D eigenvalue weighted by Gasteiger charge is -2.18. The van der Waals surface area contributed by atoms with Gasteiger partial charge in [0.25, 0.3) is 0 Å². The third-order valence-electron chi connectivity index (χ3n) is 4.25. The number of carbonyl (C=O) groups excluding carboxylic acids is 2. The molecule has 0 spiro atoms. The first-order chi connectivity index (χ1) is 13.2. The Kier molecular flexibility index (Phi) is 5.20. The first-order valence-electron chi connectivity index (χ1n) is 8.90. The van der Waals surface area contributed by atoms with Gasteiger partial charge in [0, 0.05) is 22.2 Å². The van der Waals surface area contributed by atoms with Crippen molar-refractivity contribution < 1.29 is 19.1 Å². The molecule has 0 atom stereocenters. The molecule has 1 fully saturated rings. The third kappa shape index (κ3) is 4.74. The molecule has 27 heavy (non-hydrogen) atoms. The number of amides is 2. The minimum atomic E-state index is -0.111. The van der Waals surface area contributed by atoms with E-state index >= 15 is 0 Å². The van der Waals surface area contributed by atoms with Crippen LogP contribution in [0.1, 0.15) is 12.8 Å². The molecule has 0 radical (unpaired) electrons. The van der Waals surface area contributed by atoms with E-state index in [9.17, 15) is 9.59 Å². The number of benzene rings is 2. The number of nitrogens with one attached hydrogen (secondary N) is 2. The second-order valence-corrected chi connectivity index (χ2v) is 7.54. The average Bonchev–Trinajstić information content (AvgIpc) is 3.52. The fourth-order valence-electron chi connectivity index (χ4n) is 2.72. The molecule has 1 aliphatic heterocycles. The number of hydrogen-bond acceptors (Lipinski definition) is 5. The highest BCUT2D eigenvalue weighted by Crippen LogP contribution is 2.34. The fourth-order valence-corrected chi connectivity index (χ4v) is 3.45. The summed E-state index contributed by atoms with van der Waals surface area (Å²) in [6.45, 7) is 1.09. The molecule has 140 valence electrons. The van der Waals surface area contributed by atoms with Crippen LogP contribution in [0.3, 0.4) is 0 Å². The lowest BCUT2D eigenvalue weighted by atomic mass is 10.2. The van der Waals surface area contributed by atoms with E-state index in [1.54, 1.807) is 12.1 Å². The van der Waals surface area contributed by atoms with Crippen LogP contribution in [0.5, 0.6) is 11.5 Å². The van der Waals surface area contributed by atoms with Gasteiger partial charge in [-0.25, -0.2) is 0 Å². The Hall–Kier alpha value is -2.67. The molecule has 4 rings (SSSR count). The molecule has 0 unspecified atom stereocenters. The summed E-state index contributed by atoms with van der Waals surface area (Å²) in [4.78, 5) is 25.0. The Bertz CT molecular complexity index is 867. The van der Waals surface area contributed by atoms with Crippen molar-refractivity contribution in [3.63, 3.8) is 0 Å². The van der Waals surface area contributed by atoms with E-state index in [1.165, 1.54) is 11.8 Å². The lowest BCUT2D eigenvalue weighted by molar-refractivity contribution is -0.117. The summed E-state index contributed by atoms with van der Waals surface area (Å²) in [7, 11) is 0. The largest absolute Gasteiger partial charge is 0.486 e. The van der Waals surface area contributed by atoms with Crippen LogP contribution in [0.25, 0.3) is 0 Å². The van der Waals surface area contributed by atoms with Gasteiger partial charge in [-0.3, -0.25) is 9.59 Å². The highest BCUT2D eigenvalue weighted by atomic mass is 32.2. The van der Waals surface area contributed by atoms with E-state index in [0.29, 0.717) is 30.3 Å². The second kappa shape index (κ2) is 7.92. The van der Waals surface area contributed by atoms with Crippen LogP contribution < -0.4 is 20.1 Å². The molecule has 2 aromatic rings. The number of thioether (sulfide) groups is 1. The van der Waals surface area contributed by atoms with Gasteiger partial charge in [-0.05, 0) is 49.2 Å². The molecular weight excluding hydrogens is 364 g/mol. The van der Waals surface area contributed by atoms with Gasteiger partial charge in [0.1, 0.15) is 13.2 Å². The quantitative estimate of drug-likeness (QED) is 0.745. The van der Waals surface area contributed by atoms with Gasteiger partial charge < -0.3 is 20.1 Å². The third-order valence-corrected chi connectivity index (χ3v) is 5.24. The molecule has 2 amide bonds.